The summed E-state index contributed by atoms with van der Waals surface area (Å²) in [7, 11) is 0. The number of imidazole rings is 1. The van der Waals surface area contributed by atoms with Crippen molar-refractivity contribution in [3.8, 4) is 5.69 Å². The molecule has 0 aliphatic heterocycles. The third kappa shape index (κ3) is 2.02. The van der Waals surface area contributed by atoms with Crippen LogP contribution in [0.25, 0.3) is 16.7 Å². The Morgan fingerprint density at radius 3 is 2.74 bits per heavy atom. The average molecular weight is 315 g/mol. The summed E-state index contributed by atoms with van der Waals surface area (Å²) in [5, 5.41) is 7.48. The molecule has 0 aliphatic carbocycles. The zero-order valence-corrected chi connectivity index (χ0v) is 11.6. The van der Waals surface area contributed by atoms with Crippen molar-refractivity contribution in [1.82, 2.24) is 9.55 Å². The van der Waals surface area contributed by atoms with E-state index < -0.39 is 0 Å². The highest BCUT2D eigenvalue weighted by molar-refractivity contribution is 9.10. The lowest BCUT2D eigenvalue weighted by molar-refractivity contribution is 1.09. The Balaban J connectivity index is 2.17. The monoisotopic (exact) mass is 314 g/mol. The predicted octanol–water partition coefficient (Wildman–Crippen LogP) is 3.07. The van der Waals surface area contributed by atoms with E-state index >= 15 is 0 Å². The maximum absolute atomic E-state index is 7.48. The third-order valence-corrected chi connectivity index (χ3v) is 3.63. The van der Waals surface area contributed by atoms with Gasteiger partial charge in [0.1, 0.15) is 12.2 Å². The van der Waals surface area contributed by atoms with E-state index in [9.17, 15) is 0 Å². The molecular weight excluding hydrogens is 304 g/mol. The van der Waals surface area contributed by atoms with Crippen molar-refractivity contribution in [2.75, 3.05) is 0 Å². The van der Waals surface area contributed by atoms with E-state index in [1.165, 1.54) is 0 Å². The van der Waals surface area contributed by atoms with Gasteiger partial charge in [0.2, 0.25) is 0 Å². The molecule has 0 fully saturated rings. The lowest BCUT2D eigenvalue weighted by atomic mass is 10.2. The smallest absolute Gasteiger partial charge is 0.123 e. The topological polar surface area (TPSA) is 67.7 Å². The minimum Gasteiger partial charge on any atom is -0.384 e. The second-order valence-corrected chi connectivity index (χ2v) is 5.04. The van der Waals surface area contributed by atoms with Gasteiger partial charge in [-0.05, 0) is 46.3 Å². The molecule has 0 bridgehead atoms. The molecule has 2 aromatic carbocycles. The van der Waals surface area contributed by atoms with Crippen molar-refractivity contribution in [1.29, 1.82) is 5.41 Å². The van der Waals surface area contributed by atoms with Crippen LogP contribution < -0.4 is 5.73 Å². The summed E-state index contributed by atoms with van der Waals surface area (Å²) < 4.78 is 2.81. The molecule has 19 heavy (non-hydrogen) atoms. The minimum absolute atomic E-state index is 0.0499. The number of hydrogen-bond donors (Lipinski definition) is 2. The van der Waals surface area contributed by atoms with E-state index in [2.05, 4.69) is 20.9 Å². The Bertz CT molecular complexity index is 776. The summed E-state index contributed by atoms with van der Waals surface area (Å²) >= 11 is 3.44. The van der Waals surface area contributed by atoms with Crippen LogP contribution in [0.3, 0.4) is 0 Å². The van der Waals surface area contributed by atoms with Crippen molar-refractivity contribution in [3.05, 3.63) is 58.8 Å². The van der Waals surface area contributed by atoms with Gasteiger partial charge in [-0.25, -0.2) is 4.98 Å². The lowest BCUT2D eigenvalue weighted by Crippen LogP contribution is -2.11. The molecule has 0 radical (unpaired) electrons. The number of fused-ring (bicyclic) bond motifs is 1. The normalized spacial score (nSPS) is 10.8. The molecule has 0 unspecified atom stereocenters. The minimum atomic E-state index is 0.0499. The molecule has 94 valence electrons. The number of amidine groups is 1. The largest absolute Gasteiger partial charge is 0.384 e. The Labute approximate surface area is 118 Å². The summed E-state index contributed by atoms with van der Waals surface area (Å²) in [5.74, 6) is 0.0499. The van der Waals surface area contributed by atoms with E-state index in [0.29, 0.717) is 5.56 Å². The molecule has 0 aliphatic rings. The fourth-order valence-corrected chi connectivity index (χ4v) is 2.62. The molecule has 3 N–H and O–H groups in total. The van der Waals surface area contributed by atoms with Crippen LogP contribution in [0.4, 0.5) is 0 Å². The first-order chi connectivity index (χ1) is 9.16. The van der Waals surface area contributed by atoms with E-state index in [-0.39, 0.29) is 5.84 Å². The number of nitrogens with zero attached hydrogens (tertiary/aromatic N) is 2. The van der Waals surface area contributed by atoms with Gasteiger partial charge in [-0.15, -0.1) is 0 Å². The number of para-hydroxylation sites is 2. The Morgan fingerprint density at radius 2 is 2.00 bits per heavy atom. The molecule has 1 aromatic heterocycles. The highest BCUT2D eigenvalue weighted by Gasteiger charge is 2.07. The van der Waals surface area contributed by atoms with Crippen LogP contribution in [0.5, 0.6) is 0 Å². The van der Waals surface area contributed by atoms with Gasteiger partial charge in [0.15, 0.2) is 0 Å². The van der Waals surface area contributed by atoms with Gasteiger partial charge in [0.05, 0.1) is 11.0 Å². The standard InChI is InChI=1S/C14H11BrN4/c15-11-7-9(5-6-10(11)14(16)17)19-8-18-12-3-1-2-4-13(12)19/h1-8H,(H3,16,17). The first kappa shape index (κ1) is 11.9. The molecule has 3 rings (SSSR count). The number of rotatable bonds is 2. The average Bonchev–Trinajstić information content (AvgIpc) is 2.82. The van der Waals surface area contributed by atoms with Gasteiger partial charge in [-0.1, -0.05) is 12.1 Å². The first-order valence-corrected chi connectivity index (χ1v) is 6.52. The molecule has 0 atom stereocenters. The van der Waals surface area contributed by atoms with Crippen molar-refractivity contribution in [2.45, 2.75) is 0 Å². The number of hydrogen-bond acceptors (Lipinski definition) is 2. The molecule has 5 heteroatoms. The molecule has 3 aromatic rings. The van der Waals surface area contributed by atoms with Gasteiger partial charge >= 0.3 is 0 Å². The highest BCUT2D eigenvalue weighted by Crippen LogP contribution is 2.23. The van der Waals surface area contributed by atoms with Crippen LogP contribution in [0, 0.1) is 5.41 Å². The second kappa shape index (κ2) is 4.51. The summed E-state index contributed by atoms with van der Waals surface area (Å²) in [5.41, 5.74) is 9.17. The fraction of sp³-hybridized carbons (Fsp3) is 0. The maximum Gasteiger partial charge on any atom is 0.123 e. The molecular formula is C14H11BrN4. The highest BCUT2D eigenvalue weighted by atomic mass is 79.9. The second-order valence-electron chi connectivity index (χ2n) is 4.18. The van der Waals surface area contributed by atoms with E-state index in [1.807, 2.05) is 47.0 Å². The van der Waals surface area contributed by atoms with Gasteiger partial charge in [-0.3, -0.25) is 9.98 Å². The summed E-state index contributed by atoms with van der Waals surface area (Å²) in [6.07, 6.45) is 1.79. The quantitative estimate of drug-likeness (QED) is 0.564. The van der Waals surface area contributed by atoms with Gasteiger partial charge < -0.3 is 5.73 Å². The number of nitrogen functional groups attached to an aromatic ring is 1. The lowest BCUT2D eigenvalue weighted by Gasteiger charge is -2.08. The first-order valence-electron chi connectivity index (χ1n) is 5.73. The number of benzene rings is 2. The summed E-state index contributed by atoms with van der Waals surface area (Å²) in [4.78, 5) is 4.36. The van der Waals surface area contributed by atoms with Crippen molar-refractivity contribution in [3.63, 3.8) is 0 Å². The number of nitrogens with two attached hydrogens (primary N) is 1. The van der Waals surface area contributed by atoms with Crippen LogP contribution in [0.15, 0.2) is 53.3 Å². The molecule has 0 amide bonds. The van der Waals surface area contributed by atoms with Crippen molar-refractivity contribution < 1.29 is 0 Å². The number of halogens is 1. The van der Waals surface area contributed by atoms with Crippen LogP contribution in [0.1, 0.15) is 5.56 Å². The Kier molecular flexibility index (Phi) is 2.83. The van der Waals surface area contributed by atoms with Crippen molar-refractivity contribution in [2.24, 2.45) is 5.73 Å². The van der Waals surface area contributed by atoms with Crippen molar-refractivity contribution >= 4 is 32.8 Å². The maximum atomic E-state index is 7.48. The SMILES string of the molecule is N=C(N)c1ccc(-n2cnc3ccccc32)cc1Br. The summed E-state index contributed by atoms with van der Waals surface area (Å²) in [6, 6.07) is 13.6. The van der Waals surface area contributed by atoms with Gasteiger partial charge in [0.25, 0.3) is 0 Å². The number of nitrogens with one attached hydrogen (secondary N) is 1. The zero-order valence-electron chi connectivity index (χ0n) is 9.97. The molecule has 0 saturated carbocycles. The zero-order chi connectivity index (χ0) is 13.4. The Hall–Kier alpha value is -2.14. The van der Waals surface area contributed by atoms with Crippen LogP contribution in [-0.4, -0.2) is 15.4 Å². The van der Waals surface area contributed by atoms with Crippen LogP contribution in [0.2, 0.25) is 0 Å². The third-order valence-electron chi connectivity index (χ3n) is 2.97. The Morgan fingerprint density at radius 1 is 1.21 bits per heavy atom. The van der Waals surface area contributed by atoms with E-state index in [1.54, 1.807) is 6.33 Å². The molecule has 4 nitrogen and oxygen atoms in total. The van der Waals surface area contributed by atoms with E-state index in [4.69, 9.17) is 11.1 Å². The summed E-state index contributed by atoms with van der Waals surface area (Å²) in [6.45, 7) is 0. The van der Waals surface area contributed by atoms with Gasteiger partial charge in [0, 0.05) is 15.7 Å². The molecule has 1 heterocycles. The molecule has 0 saturated heterocycles. The number of aromatic nitrogens is 2. The van der Waals surface area contributed by atoms with Crippen LogP contribution in [-0.2, 0) is 0 Å². The van der Waals surface area contributed by atoms with Crippen LogP contribution >= 0.6 is 15.9 Å². The molecule has 0 spiro atoms. The predicted molar refractivity (Wildman–Crippen MR) is 79.8 cm³/mol. The fourth-order valence-electron chi connectivity index (χ4n) is 2.04. The van der Waals surface area contributed by atoms with Gasteiger partial charge in [-0.2, -0.15) is 0 Å². The van der Waals surface area contributed by atoms with E-state index in [0.717, 1.165) is 21.2 Å².